The van der Waals surface area contributed by atoms with Gasteiger partial charge in [-0.1, -0.05) is 6.07 Å². The van der Waals surface area contributed by atoms with Gasteiger partial charge in [-0.25, -0.2) is 9.37 Å². The summed E-state index contributed by atoms with van der Waals surface area (Å²) in [7, 11) is 0. The van der Waals surface area contributed by atoms with Gasteiger partial charge in [0.05, 0.1) is 10.6 Å². The number of amides is 1. The molecule has 3 rings (SSSR count). The predicted molar refractivity (Wildman–Crippen MR) is 94.0 cm³/mol. The minimum atomic E-state index is -0.560. The van der Waals surface area contributed by atoms with Crippen molar-refractivity contribution in [1.82, 2.24) is 4.98 Å². The fraction of sp³-hybridized carbons (Fsp3) is 0. The first-order chi connectivity index (χ1) is 11.7. The number of thiophene rings is 1. The molecule has 0 fully saturated rings. The Morgan fingerprint density at radius 1 is 1.25 bits per heavy atom. The van der Waals surface area contributed by atoms with E-state index in [9.17, 15) is 14.4 Å². The van der Waals surface area contributed by atoms with Gasteiger partial charge >= 0.3 is 0 Å². The van der Waals surface area contributed by atoms with Gasteiger partial charge in [0.15, 0.2) is 0 Å². The number of nitrogens with zero attached hydrogens (tertiary/aromatic N) is 2. The Morgan fingerprint density at radius 3 is 2.71 bits per heavy atom. The summed E-state index contributed by atoms with van der Waals surface area (Å²) in [5.74, 6) is -0.956. The number of benzene rings is 1. The van der Waals surface area contributed by atoms with E-state index < -0.39 is 11.7 Å². The van der Waals surface area contributed by atoms with Crippen LogP contribution in [-0.4, -0.2) is 10.9 Å². The van der Waals surface area contributed by atoms with Crippen molar-refractivity contribution in [3.8, 4) is 16.0 Å². The maximum Gasteiger partial charge on any atom is 0.266 e. The second-order valence-electron chi connectivity index (χ2n) is 4.69. The Labute approximate surface area is 145 Å². The second-order valence-corrected chi connectivity index (χ2v) is 6.49. The number of nitrogens with one attached hydrogen (secondary N) is 1. The largest absolute Gasteiger partial charge is 0.321 e. The van der Waals surface area contributed by atoms with E-state index in [-0.39, 0.29) is 5.57 Å². The summed E-state index contributed by atoms with van der Waals surface area (Å²) in [4.78, 5) is 17.6. The fourth-order valence-corrected chi connectivity index (χ4v) is 3.49. The van der Waals surface area contributed by atoms with Crippen LogP contribution in [0.2, 0.25) is 0 Å². The standard InChI is InChI=1S/C17H10FN3OS2/c18-12-3-5-13(6-4-12)20-16(22)11(9-19)8-14-10-24-17(21-14)15-2-1-7-23-15/h1-8,10H,(H,20,22)/b11-8-. The zero-order valence-electron chi connectivity index (χ0n) is 12.2. The molecule has 3 aromatic rings. The number of carbonyl (C=O) groups is 1. The van der Waals surface area contributed by atoms with Crippen molar-refractivity contribution >= 4 is 40.3 Å². The summed E-state index contributed by atoms with van der Waals surface area (Å²) >= 11 is 3.02. The molecular weight excluding hydrogens is 345 g/mol. The normalized spacial score (nSPS) is 11.1. The van der Waals surface area contributed by atoms with Gasteiger partial charge in [-0.15, -0.1) is 22.7 Å². The number of aromatic nitrogens is 1. The monoisotopic (exact) mass is 355 g/mol. The van der Waals surface area contributed by atoms with Crippen molar-refractivity contribution < 1.29 is 9.18 Å². The fourth-order valence-electron chi connectivity index (χ4n) is 1.89. The van der Waals surface area contributed by atoms with Crippen molar-refractivity contribution in [2.75, 3.05) is 5.32 Å². The van der Waals surface area contributed by atoms with Crippen molar-refractivity contribution in [2.24, 2.45) is 0 Å². The molecule has 0 aliphatic heterocycles. The average molecular weight is 355 g/mol. The van der Waals surface area contributed by atoms with E-state index in [2.05, 4.69) is 10.3 Å². The van der Waals surface area contributed by atoms with Crippen LogP contribution in [0.4, 0.5) is 10.1 Å². The summed E-state index contributed by atoms with van der Waals surface area (Å²) < 4.78 is 12.9. The van der Waals surface area contributed by atoms with Crippen LogP contribution in [0.1, 0.15) is 5.69 Å². The summed E-state index contributed by atoms with van der Waals surface area (Å²) in [5, 5.41) is 16.4. The first-order valence-electron chi connectivity index (χ1n) is 6.84. The highest BCUT2D eigenvalue weighted by Crippen LogP contribution is 2.28. The smallest absolute Gasteiger partial charge is 0.266 e. The molecule has 118 valence electrons. The molecule has 2 heterocycles. The number of hydrogen-bond donors (Lipinski definition) is 1. The highest BCUT2D eigenvalue weighted by molar-refractivity contribution is 7.20. The molecule has 0 aliphatic rings. The summed E-state index contributed by atoms with van der Waals surface area (Å²) in [6, 6.07) is 11.1. The zero-order chi connectivity index (χ0) is 16.9. The molecule has 7 heteroatoms. The lowest BCUT2D eigenvalue weighted by molar-refractivity contribution is -0.112. The Kier molecular flexibility index (Phi) is 4.79. The molecule has 0 unspecified atom stereocenters. The van der Waals surface area contributed by atoms with Gasteiger partial charge in [-0.2, -0.15) is 5.26 Å². The molecule has 4 nitrogen and oxygen atoms in total. The third kappa shape index (κ3) is 3.74. The minimum absolute atomic E-state index is 0.0673. The third-order valence-electron chi connectivity index (χ3n) is 3.01. The van der Waals surface area contributed by atoms with E-state index in [0.29, 0.717) is 11.4 Å². The van der Waals surface area contributed by atoms with Crippen LogP contribution in [0.15, 0.2) is 52.7 Å². The quantitative estimate of drug-likeness (QED) is 0.551. The summed E-state index contributed by atoms with van der Waals surface area (Å²) in [5.41, 5.74) is 0.900. The topological polar surface area (TPSA) is 65.8 Å². The molecule has 2 aromatic heterocycles. The first-order valence-corrected chi connectivity index (χ1v) is 8.60. The lowest BCUT2D eigenvalue weighted by atomic mass is 10.2. The number of halogens is 1. The highest BCUT2D eigenvalue weighted by atomic mass is 32.1. The molecule has 0 spiro atoms. The van der Waals surface area contributed by atoms with E-state index in [4.69, 9.17) is 0 Å². The van der Waals surface area contributed by atoms with E-state index in [1.807, 2.05) is 23.6 Å². The number of thiazole rings is 1. The van der Waals surface area contributed by atoms with Crippen LogP contribution in [0.3, 0.4) is 0 Å². The van der Waals surface area contributed by atoms with Crippen molar-refractivity contribution in [3.63, 3.8) is 0 Å². The van der Waals surface area contributed by atoms with Gasteiger partial charge in [0.25, 0.3) is 5.91 Å². The molecule has 1 aromatic carbocycles. The van der Waals surface area contributed by atoms with Crippen LogP contribution in [-0.2, 0) is 4.79 Å². The Bertz CT molecular complexity index is 922. The van der Waals surface area contributed by atoms with E-state index in [0.717, 1.165) is 9.88 Å². The molecule has 0 radical (unpaired) electrons. The van der Waals surface area contributed by atoms with Crippen LogP contribution in [0.5, 0.6) is 0 Å². The summed E-state index contributed by atoms with van der Waals surface area (Å²) in [6.45, 7) is 0. The van der Waals surface area contributed by atoms with Crippen molar-refractivity contribution in [2.45, 2.75) is 0 Å². The first kappa shape index (κ1) is 16.1. The SMILES string of the molecule is N#C/C(=C/c1csc(-c2cccs2)n1)C(=O)Nc1ccc(F)cc1. The number of nitriles is 1. The Hall–Kier alpha value is -2.82. The predicted octanol–water partition coefficient (Wildman–Crippen LogP) is 4.56. The lowest BCUT2D eigenvalue weighted by Crippen LogP contribution is -2.13. The molecule has 1 N–H and O–H groups in total. The van der Waals surface area contributed by atoms with Gasteiger partial charge in [-0.05, 0) is 41.8 Å². The van der Waals surface area contributed by atoms with Crippen LogP contribution in [0.25, 0.3) is 16.0 Å². The molecule has 24 heavy (non-hydrogen) atoms. The summed E-state index contributed by atoms with van der Waals surface area (Å²) in [6.07, 6.45) is 1.44. The lowest BCUT2D eigenvalue weighted by Gasteiger charge is -2.03. The number of rotatable bonds is 4. The number of carbonyl (C=O) groups excluding carboxylic acids is 1. The van der Waals surface area contributed by atoms with Gasteiger partial charge in [0.1, 0.15) is 22.5 Å². The molecule has 0 atom stereocenters. The number of hydrogen-bond acceptors (Lipinski definition) is 5. The van der Waals surface area contributed by atoms with Crippen LogP contribution < -0.4 is 5.32 Å². The maximum atomic E-state index is 12.9. The van der Waals surface area contributed by atoms with Crippen LogP contribution >= 0.6 is 22.7 Å². The second kappa shape index (κ2) is 7.17. The highest BCUT2D eigenvalue weighted by Gasteiger charge is 2.11. The Balaban J connectivity index is 1.78. The van der Waals surface area contributed by atoms with Crippen molar-refractivity contribution in [3.05, 3.63) is 64.2 Å². The molecular formula is C17H10FN3OS2. The van der Waals surface area contributed by atoms with Gasteiger partial charge in [-0.3, -0.25) is 4.79 Å². The molecule has 1 amide bonds. The van der Waals surface area contributed by atoms with Gasteiger partial charge < -0.3 is 5.32 Å². The molecule has 0 saturated carbocycles. The maximum absolute atomic E-state index is 12.9. The van der Waals surface area contributed by atoms with Gasteiger partial charge in [0, 0.05) is 11.1 Å². The van der Waals surface area contributed by atoms with E-state index >= 15 is 0 Å². The van der Waals surface area contributed by atoms with Crippen LogP contribution in [0, 0.1) is 17.1 Å². The van der Waals surface area contributed by atoms with E-state index in [1.54, 1.807) is 16.7 Å². The number of anilines is 1. The van der Waals surface area contributed by atoms with Crippen molar-refractivity contribution in [1.29, 1.82) is 5.26 Å². The zero-order valence-corrected chi connectivity index (χ0v) is 13.8. The van der Waals surface area contributed by atoms with E-state index in [1.165, 1.54) is 41.7 Å². The molecule has 0 bridgehead atoms. The third-order valence-corrected chi connectivity index (χ3v) is 4.91. The average Bonchev–Trinajstić information content (AvgIpc) is 3.25. The molecule has 0 saturated heterocycles. The minimum Gasteiger partial charge on any atom is -0.321 e. The molecule has 0 aliphatic carbocycles. The Morgan fingerprint density at radius 2 is 2.04 bits per heavy atom. The van der Waals surface area contributed by atoms with Gasteiger partial charge in [0.2, 0.25) is 0 Å².